The highest BCUT2D eigenvalue weighted by Crippen LogP contribution is 2.22. The Bertz CT molecular complexity index is 1010. The van der Waals surface area contributed by atoms with Crippen molar-refractivity contribution in [2.75, 3.05) is 39.5 Å². The molecule has 8 heteroatoms. The van der Waals surface area contributed by atoms with Gasteiger partial charge in [0.1, 0.15) is 24.0 Å². The largest absolute Gasteiger partial charge is 0.491 e. The van der Waals surface area contributed by atoms with Crippen LogP contribution in [0.2, 0.25) is 0 Å². The van der Waals surface area contributed by atoms with E-state index >= 15 is 0 Å². The average molecular weight is 481 g/mol. The van der Waals surface area contributed by atoms with E-state index in [9.17, 15) is 14.4 Å². The van der Waals surface area contributed by atoms with Gasteiger partial charge < -0.3 is 19.7 Å². The van der Waals surface area contributed by atoms with E-state index in [-0.39, 0.29) is 17.3 Å². The first-order chi connectivity index (χ1) is 17.1. The molecule has 0 spiro atoms. The Morgan fingerprint density at radius 3 is 2.66 bits per heavy atom. The Balaban J connectivity index is 1.50. The van der Waals surface area contributed by atoms with E-state index in [4.69, 9.17) is 9.47 Å². The van der Waals surface area contributed by atoms with Crippen molar-refractivity contribution in [3.63, 3.8) is 0 Å². The quantitative estimate of drug-likeness (QED) is 0.199. The lowest BCUT2D eigenvalue weighted by Crippen LogP contribution is -2.29. The number of rotatable bonds is 13. The van der Waals surface area contributed by atoms with E-state index in [0.29, 0.717) is 19.6 Å². The second-order valence-electron chi connectivity index (χ2n) is 8.45. The molecule has 186 valence electrons. The molecule has 35 heavy (non-hydrogen) atoms. The van der Waals surface area contributed by atoms with Crippen molar-refractivity contribution < 1.29 is 18.7 Å². The molecular weight excluding hydrogens is 447 g/mol. The highest BCUT2D eigenvalue weighted by molar-refractivity contribution is 6.01. The van der Waals surface area contributed by atoms with Gasteiger partial charge in [0.25, 0.3) is 5.91 Å². The van der Waals surface area contributed by atoms with Crippen molar-refractivity contribution >= 4 is 12.0 Å². The van der Waals surface area contributed by atoms with Gasteiger partial charge in [-0.1, -0.05) is 31.5 Å². The molecule has 1 atom stereocenters. The summed E-state index contributed by atoms with van der Waals surface area (Å²) in [6.07, 6.45) is 5.39. The zero-order valence-electron chi connectivity index (χ0n) is 20.2. The van der Waals surface area contributed by atoms with Gasteiger partial charge in [-0.15, -0.1) is 0 Å². The number of likely N-dealkylation sites (tertiary alicyclic amines) is 1. The number of halogens is 1. The molecule has 1 aromatic heterocycles. The van der Waals surface area contributed by atoms with E-state index in [0.717, 1.165) is 30.9 Å². The topological polar surface area (TPSA) is 87.5 Å². The summed E-state index contributed by atoms with van der Waals surface area (Å²) in [5, 5.41) is 12.4. The minimum Gasteiger partial charge on any atom is -0.491 e. The molecule has 1 aromatic carbocycles. The lowest BCUT2D eigenvalue weighted by atomic mass is 10.0. The first-order valence-corrected chi connectivity index (χ1v) is 12.2. The fourth-order valence-electron chi connectivity index (χ4n) is 3.96. The summed E-state index contributed by atoms with van der Waals surface area (Å²) >= 11 is 0. The molecule has 1 unspecified atom stereocenters. The molecule has 1 amide bonds. The van der Waals surface area contributed by atoms with Gasteiger partial charge in [0.2, 0.25) is 5.95 Å². The zero-order chi connectivity index (χ0) is 24.9. The lowest BCUT2D eigenvalue weighted by Gasteiger charge is -2.19. The van der Waals surface area contributed by atoms with E-state index in [1.807, 2.05) is 37.3 Å². The van der Waals surface area contributed by atoms with Crippen LogP contribution >= 0.6 is 0 Å². The predicted octanol–water partition coefficient (Wildman–Crippen LogP) is 4.28. The van der Waals surface area contributed by atoms with Gasteiger partial charge >= 0.3 is 0 Å². The highest BCUT2D eigenvalue weighted by atomic mass is 19.1. The monoisotopic (exact) mass is 480 g/mol. The Kier molecular flexibility index (Phi) is 10.7. The molecule has 7 nitrogen and oxygen atoms in total. The summed E-state index contributed by atoms with van der Waals surface area (Å²) in [5.74, 6) is -0.465. The minimum atomic E-state index is -0.670. The maximum atomic E-state index is 13.3. The van der Waals surface area contributed by atoms with Crippen LogP contribution in [0.5, 0.6) is 5.75 Å². The summed E-state index contributed by atoms with van der Waals surface area (Å²) in [4.78, 5) is 18.8. The normalized spacial score (nSPS) is 14.9. The maximum absolute atomic E-state index is 13.3. The van der Waals surface area contributed by atoms with Crippen LogP contribution in [-0.4, -0.2) is 55.2 Å². The van der Waals surface area contributed by atoms with Crippen molar-refractivity contribution in [3.8, 4) is 11.8 Å². The van der Waals surface area contributed by atoms with E-state index in [2.05, 4.69) is 15.2 Å². The second kappa shape index (κ2) is 14.2. The van der Waals surface area contributed by atoms with Crippen molar-refractivity contribution in [2.45, 2.75) is 38.6 Å². The number of amides is 1. The van der Waals surface area contributed by atoms with Crippen LogP contribution < -0.4 is 10.1 Å². The molecule has 1 aliphatic rings. The van der Waals surface area contributed by atoms with Crippen molar-refractivity contribution in [1.82, 2.24) is 15.2 Å². The smallest absolute Gasteiger partial charge is 0.262 e. The number of pyridine rings is 1. The molecule has 1 fully saturated rings. The molecule has 0 aliphatic carbocycles. The van der Waals surface area contributed by atoms with Crippen LogP contribution in [0, 0.1) is 17.3 Å². The molecule has 1 saturated heterocycles. The van der Waals surface area contributed by atoms with Crippen LogP contribution in [0.4, 0.5) is 4.39 Å². The zero-order valence-corrected chi connectivity index (χ0v) is 20.2. The number of nitrogens with zero attached hydrogens (tertiary/aromatic N) is 3. The third-order valence-corrected chi connectivity index (χ3v) is 5.81. The Morgan fingerprint density at radius 2 is 1.97 bits per heavy atom. The molecule has 2 aromatic rings. The number of nitrogens with one attached hydrogen (secondary N) is 1. The Morgan fingerprint density at radius 1 is 1.20 bits per heavy atom. The van der Waals surface area contributed by atoms with Gasteiger partial charge in [-0.25, -0.2) is 4.98 Å². The van der Waals surface area contributed by atoms with Crippen molar-refractivity contribution in [1.29, 1.82) is 5.26 Å². The fourth-order valence-corrected chi connectivity index (χ4v) is 3.96. The van der Waals surface area contributed by atoms with Crippen LogP contribution in [0.1, 0.15) is 49.9 Å². The van der Waals surface area contributed by atoms with Crippen molar-refractivity contribution in [3.05, 3.63) is 65.2 Å². The van der Waals surface area contributed by atoms with Gasteiger partial charge in [-0.2, -0.15) is 9.65 Å². The van der Waals surface area contributed by atoms with Gasteiger partial charge in [0.15, 0.2) is 0 Å². The number of carbonyl (C=O) groups is 1. The number of ether oxygens (including phenoxy) is 2. The SMILES string of the molecule is CCCC(NC(=O)/C(C#N)=C/c1cccc(F)n1)c1ccc(OCCOCCN2CCCC2)cc1. The van der Waals surface area contributed by atoms with Crippen LogP contribution in [-0.2, 0) is 9.53 Å². The molecule has 0 saturated carbocycles. The predicted molar refractivity (Wildman–Crippen MR) is 132 cm³/mol. The molecule has 1 N–H and O–H groups in total. The standard InChI is InChI=1S/C27H33FN4O3/c1-2-6-25(31-27(33)22(20-29)19-23-7-5-8-26(28)30-23)21-9-11-24(12-10-21)35-18-17-34-16-15-32-13-3-4-14-32/h5,7-12,19,25H,2-4,6,13-18H2,1H3,(H,31,33)/b22-19+. The minimum absolute atomic E-state index is 0.131. The number of benzene rings is 1. The summed E-state index contributed by atoms with van der Waals surface area (Å²) in [6.45, 7) is 7.06. The van der Waals surface area contributed by atoms with E-state index < -0.39 is 11.9 Å². The number of aromatic nitrogens is 1. The van der Waals surface area contributed by atoms with Crippen LogP contribution in [0.3, 0.4) is 0 Å². The number of carbonyl (C=O) groups excluding carboxylic acids is 1. The summed E-state index contributed by atoms with van der Waals surface area (Å²) in [7, 11) is 0. The number of hydrogen-bond acceptors (Lipinski definition) is 6. The fraction of sp³-hybridized carbons (Fsp3) is 0.444. The molecule has 2 heterocycles. The number of hydrogen-bond donors (Lipinski definition) is 1. The summed E-state index contributed by atoms with van der Waals surface area (Å²) in [6, 6.07) is 13.4. The van der Waals surface area contributed by atoms with Gasteiger partial charge in [0, 0.05) is 6.54 Å². The van der Waals surface area contributed by atoms with Gasteiger partial charge in [-0.3, -0.25) is 4.79 Å². The van der Waals surface area contributed by atoms with Gasteiger partial charge in [0.05, 0.1) is 24.9 Å². The Labute approximate surface area is 206 Å². The summed E-state index contributed by atoms with van der Waals surface area (Å²) in [5.41, 5.74) is 0.995. The average Bonchev–Trinajstić information content (AvgIpc) is 3.38. The van der Waals surface area contributed by atoms with Crippen LogP contribution in [0.15, 0.2) is 48.0 Å². The first-order valence-electron chi connectivity index (χ1n) is 12.2. The molecular formula is C27H33FN4O3. The summed E-state index contributed by atoms with van der Waals surface area (Å²) < 4.78 is 24.8. The Hall–Kier alpha value is -3.28. The number of nitriles is 1. The van der Waals surface area contributed by atoms with Crippen molar-refractivity contribution in [2.24, 2.45) is 0 Å². The van der Waals surface area contributed by atoms with Crippen LogP contribution in [0.25, 0.3) is 6.08 Å². The third-order valence-electron chi connectivity index (χ3n) is 5.81. The first kappa shape index (κ1) is 26.3. The highest BCUT2D eigenvalue weighted by Gasteiger charge is 2.17. The maximum Gasteiger partial charge on any atom is 0.262 e. The lowest BCUT2D eigenvalue weighted by molar-refractivity contribution is -0.117. The van der Waals surface area contributed by atoms with E-state index in [1.165, 1.54) is 50.2 Å². The third kappa shape index (κ3) is 8.78. The molecule has 3 rings (SSSR count). The van der Waals surface area contributed by atoms with E-state index in [1.54, 1.807) is 0 Å². The second-order valence-corrected chi connectivity index (χ2v) is 8.45. The molecule has 0 radical (unpaired) electrons. The molecule has 0 bridgehead atoms. The van der Waals surface area contributed by atoms with Gasteiger partial charge in [-0.05, 0) is 68.3 Å². The molecule has 1 aliphatic heterocycles.